The van der Waals surface area contributed by atoms with Gasteiger partial charge in [0.25, 0.3) is 0 Å². The van der Waals surface area contributed by atoms with Crippen LogP contribution in [-0.4, -0.2) is 26.5 Å². The largest absolute Gasteiger partial charge is 0.436 e. The first kappa shape index (κ1) is 14.9. The van der Waals surface area contributed by atoms with Crippen LogP contribution >= 0.6 is 11.3 Å². The van der Waals surface area contributed by atoms with Crippen molar-refractivity contribution >= 4 is 39.4 Å². The minimum atomic E-state index is -0.454. The van der Waals surface area contributed by atoms with E-state index in [0.29, 0.717) is 10.4 Å². The summed E-state index contributed by atoms with van der Waals surface area (Å²) in [6.07, 6.45) is 4.14. The van der Waals surface area contributed by atoms with E-state index in [1.165, 1.54) is 29.8 Å². The van der Waals surface area contributed by atoms with Gasteiger partial charge in [0.1, 0.15) is 11.4 Å². The summed E-state index contributed by atoms with van der Waals surface area (Å²) in [6.45, 7) is 0. The Balaban J connectivity index is 1.53. The average Bonchev–Trinajstić information content (AvgIpc) is 3.30. The van der Waals surface area contributed by atoms with Gasteiger partial charge in [0.2, 0.25) is 17.5 Å². The highest BCUT2D eigenvalue weighted by Crippen LogP contribution is 2.34. The van der Waals surface area contributed by atoms with E-state index >= 15 is 0 Å². The number of fused-ring (bicyclic) bond motifs is 2. The summed E-state index contributed by atoms with van der Waals surface area (Å²) in [5, 5.41) is 0. The summed E-state index contributed by atoms with van der Waals surface area (Å²) in [4.78, 5) is 38.7. The van der Waals surface area contributed by atoms with Crippen molar-refractivity contribution in [3.8, 4) is 10.4 Å². The van der Waals surface area contributed by atoms with Gasteiger partial charge in [0, 0.05) is 29.4 Å². The van der Waals surface area contributed by atoms with Crippen LogP contribution in [0.4, 0.5) is 0 Å². The Kier molecular flexibility index (Phi) is 3.16. The fraction of sp³-hybridized carbons (Fsp3) is 0. The molecular weight excluding hydrogens is 350 g/mol. The zero-order valence-electron chi connectivity index (χ0n) is 13.2. The third kappa shape index (κ3) is 2.21. The second-order valence-electron chi connectivity index (χ2n) is 5.67. The molecule has 0 spiro atoms. The van der Waals surface area contributed by atoms with Gasteiger partial charge in [-0.2, -0.15) is 4.98 Å². The van der Waals surface area contributed by atoms with E-state index in [2.05, 4.69) is 15.0 Å². The lowest BCUT2D eigenvalue weighted by molar-refractivity contribution is 0.0987. The van der Waals surface area contributed by atoms with E-state index in [1.54, 1.807) is 0 Å². The van der Waals surface area contributed by atoms with Crippen molar-refractivity contribution in [1.82, 2.24) is 15.0 Å². The van der Waals surface area contributed by atoms with E-state index < -0.39 is 11.6 Å². The first-order valence-corrected chi connectivity index (χ1v) is 8.60. The van der Waals surface area contributed by atoms with Crippen LogP contribution in [0.15, 0.2) is 58.8 Å². The van der Waals surface area contributed by atoms with Crippen LogP contribution in [0, 0.1) is 0 Å². The molecule has 0 atom stereocenters. The van der Waals surface area contributed by atoms with Crippen molar-refractivity contribution in [1.29, 1.82) is 0 Å². The summed E-state index contributed by atoms with van der Waals surface area (Å²) < 4.78 is 5.71. The fourth-order valence-electron chi connectivity index (χ4n) is 2.84. The lowest BCUT2D eigenvalue weighted by Crippen LogP contribution is -2.00. The molecule has 0 saturated heterocycles. The minimum absolute atomic E-state index is 0.0246. The van der Waals surface area contributed by atoms with Crippen molar-refractivity contribution in [3.05, 3.63) is 71.6 Å². The summed E-state index contributed by atoms with van der Waals surface area (Å²) in [5.41, 5.74) is 1.82. The highest BCUT2D eigenvalue weighted by Gasteiger charge is 2.36. The van der Waals surface area contributed by atoms with Gasteiger partial charge in [-0.3, -0.25) is 9.59 Å². The third-order valence-electron chi connectivity index (χ3n) is 4.05. The Morgan fingerprint density at radius 3 is 2.31 bits per heavy atom. The van der Waals surface area contributed by atoms with Gasteiger partial charge in [-0.15, -0.1) is 11.3 Å². The van der Waals surface area contributed by atoms with Crippen LogP contribution in [0.3, 0.4) is 0 Å². The number of hydrogen-bond donors (Lipinski definition) is 0. The second kappa shape index (κ2) is 5.53. The zero-order chi connectivity index (χ0) is 17.7. The molecule has 3 heterocycles. The van der Waals surface area contributed by atoms with E-state index in [0.717, 1.165) is 10.4 Å². The van der Waals surface area contributed by atoms with Crippen LogP contribution in [0.25, 0.3) is 26.9 Å². The fourth-order valence-corrected chi connectivity index (χ4v) is 3.81. The summed E-state index contributed by atoms with van der Waals surface area (Å²) in [6, 6.07) is 11.8. The van der Waals surface area contributed by atoms with Crippen molar-refractivity contribution in [2.45, 2.75) is 0 Å². The number of hydrogen-bond acceptors (Lipinski definition) is 7. The molecule has 1 aliphatic carbocycles. The lowest BCUT2D eigenvalue weighted by Gasteiger charge is -1.94. The quantitative estimate of drug-likeness (QED) is 0.400. The van der Waals surface area contributed by atoms with Crippen LogP contribution in [0.2, 0.25) is 0 Å². The maximum Gasteiger partial charge on any atom is 0.221 e. The molecule has 0 fully saturated rings. The molecule has 0 aliphatic heterocycles. The monoisotopic (exact) mass is 359 g/mol. The van der Waals surface area contributed by atoms with Gasteiger partial charge < -0.3 is 4.42 Å². The van der Waals surface area contributed by atoms with Gasteiger partial charge in [-0.05, 0) is 5.56 Å². The number of ketones is 2. The van der Waals surface area contributed by atoms with Gasteiger partial charge >= 0.3 is 0 Å². The Morgan fingerprint density at radius 1 is 0.962 bits per heavy atom. The van der Waals surface area contributed by atoms with E-state index in [4.69, 9.17) is 4.42 Å². The topological polar surface area (TPSA) is 86.0 Å². The van der Waals surface area contributed by atoms with Crippen LogP contribution in [-0.2, 0) is 0 Å². The maximum absolute atomic E-state index is 12.3. The highest BCUT2D eigenvalue weighted by molar-refractivity contribution is 7.21. The molecule has 124 valence electrons. The van der Waals surface area contributed by atoms with Gasteiger partial charge in [-0.25, -0.2) is 9.97 Å². The lowest BCUT2D eigenvalue weighted by atomic mass is 10.1. The van der Waals surface area contributed by atoms with Crippen molar-refractivity contribution in [2.24, 2.45) is 0 Å². The van der Waals surface area contributed by atoms with Crippen molar-refractivity contribution in [2.75, 3.05) is 0 Å². The van der Waals surface area contributed by atoms with Crippen LogP contribution in [0.1, 0.15) is 26.9 Å². The summed E-state index contributed by atoms with van der Waals surface area (Å²) in [7, 11) is 0. The number of rotatable bonds is 2. The molecule has 26 heavy (non-hydrogen) atoms. The normalized spacial score (nSPS) is 13.5. The molecule has 0 N–H and O–H groups in total. The molecule has 3 aromatic heterocycles. The molecule has 0 radical (unpaired) electrons. The zero-order valence-corrected chi connectivity index (χ0v) is 14.0. The number of carbonyl (C=O) groups excluding carboxylic acids is 2. The van der Waals surface area contributed by atoms with Gasteiger partial charge in [-0.1, -0.05) is 30.3 Å². The van der Waals surface area contributed by atoms with E-state index in [9.17, 15) is 9.59 Å². The number of Topliss-reactive ketones (excluding diaryl/α,β-unsaturated/α-hetero) is 2. The first-order valence-electron chi connectivity index (χ1n) is 7.78. The molecule has 7 heteroatoms. The molecular formula is C19H9N3O3S. The predicted molar refractivity (Wildman–Crippen MR) is 96.0 cm³/mol. The van der Waals surface area contributed by atoms with Gasteiger partial charge in [0.05, 0.1) is 5.57 Å². The SMILES string of the molecule is O=C1C(=Cc2nc3sc(-c4ccccc4)cc3o2)C(=O)c2nccnc21. The highest BCUT2D eigenvalue weighted by atomic mass is 32.1. The minimum Gasteiger partial charge on any atom is -0.436 e. The molecule has 0 unspecified atom stereocenters. The maximum atomic E-state index is 12.3. The molecule has 4 aromatic rings. The molecule has 0 bridgehead atoms. The number of allylic oxidation sites excluding steroid dienone is 1. The molecule has 5 rings (SSSR count). The third-order valence-corrected chi connectivity index (χ3v) is 5.11. The summed E-state index contributed by atoms with van der Waals surface area (Å²) in [5.74, 6) is -0.690. The Hall–Kier alpha value is -3.45. The molecule has 1 aromatic carbocycles. The number of oxazole rings is 1. The first-order chi connectivity index (χ1) is 12.7. The van der Waals surface area contributed by atoms with Crippen molar-refractivity contribution < 1.29 is 14.0 Å². The Labute approximate surface area is 150 Å². The van der Waals surface area contributed by atoms with Crippen LogP contribution in [0.5, 0.6) is 0 Å². The number of aromatic nitrogens is 3. The molecule has 0 saturated carbocycles. The predicted octanol–water partition coefficient (Wildman–Crippen LogP) is 3.81. The number of nitrogens with zero attached hydrogens (tertiary/aromatic N) is 3. The smallest absolute Gasteiger partial charge is 0.221 e. The number of thiophene rings is 1. The molecule has 0 amide bonds. The standard InChI is InChI=1S/C19H9N3O3S/c23-17-11(18(24)16-15(17)20-6-7-21-16)8-14-22-19-12(25-14)9-13(26-19)10-4-2-1-3-5-10/h1-9H. The Bertz CT molecular complexity index is 1150. The van der Waals surface area contributed by atoms with Crippen molar-refractivity contribution in [3.63, 3.8) is 0 Å². The second-order valence-corrected chi connectivity index (χ2v) is 6.70. The molecule has 6 nitrogen and oxygen atoms in total. The summed E-state index contributed by atoms with van der Waals surface area (Å²) >= 11 is 1.49. The number of carbonyl (C=O) groups is 2. The Morgan fingerprint density at radius 2 is 1.65 bits per heavy atom. The molecule has 1 aliphatic rings. The average molecular weight is 359 g/mol. The van der Waals surface area contributed by atoms with Gasteiger partial charge in [0.15, 0.2) is 10.4 Å². The number of benzene rings is 1. The van der Waals surface area contributed by atoms with Crippen LogP contribution < -0.4 is 0 Å². The van der Waals surface area contributed by atoms with E-state index in [-0.39, 0.29) is 22.9 Å². The van der Waals surface area contributed by atoms with E-state index in [1.807, 2.05) is 36.4 Å².